The van der Waals surface area contributed by atoms with Crippen molar-refractivity contribution >= 4 is 33.6 Å². The zero-order chi connectivity index (χ0) is 21.1. The van der Waals surface area contributed by atoms with Crippen LogP contribution in [0.15, 0.2) is 35.1 Å². The number of H-pyrrole nitrogens is 1. The first-order chi connectivity index (χ1) is 13.8. The van der Waals surface area contributed by atoms with Crippen molar-refractivity contribution in [3.8, 4) is 5.69 Å². The van der Waals surface area contributed by atoms with Crippen LogP contribution in [0.25, 0.3) is 5.69 Å². The number of aromatic nitrogens is 4. The fourth-order valence-electron chi connectivity index (χ4n) is 2.85. The van der Waals surface area contributed by atoms with Crippen molar-refractivity contribution in [2.24, 2.45) is 5.73 Å². The van der Waals surface area contributed by atoms with Gasteiger partial charge in [-0.05, 0) is 38.7 Å². The van der Waals surface area contributed by atoms with Gasteiger partial charge in [0.05, 0.1) is 5.69 Å². The minimum Gasteiger partial charge on any atom is -0.364 e. The van der Waals surface area contributed by atoms with E-state index in [2.05, 4.69) is 41.3 Å². The standard InChI is InChI=1S/C19H22BrN7O2/c1-11-4-5-12(20)8-14(11)27-10-22-16(17(27)18(21)28)19(29)23-15-9-13(24-25-15)6-7-26(2)3/h4-5,8-10H,6-7H2,1-3H3,(H2,21,28)(H2,23,24,25,29). The SMILES string of the molecule is Cc1ccc(Br)cc1-n1cnc(C(=O)Nc2cc(CCN(C)C)[nH]n2)c1C(N)=O. The van der Waals surface area contributed by atoms with Gasteiger partial charge in [0.2, 0.25) is 0 Å². The number of carbonyl (C=O) groups excluding carboxylic acids is 2. The molecule has 0 aliphatic heterocycles. The van der Waals surface area contributed by atoms with Gasteiger partial charge >= 0.3 is 0 Å². The number of anilines is 1. The second kappa shape index (κ2) is 8.58. The molecular formula is C19H22BrN7O2. The Bertz CT molecular complexity index is 1050. The van der Waals surface area contributed by atoms with Gasteiger partial charge in [-0.15, -0.1) is 0 Å². The highest BCUT2D eigenvalue weighted by Crippen LogP contribution is 2.23. The van der Waals surface area contributed by atoms with Gasteiger partial charge in [0.25, 0.3) is 11.8 Å². The number of primary amides is 1. The van der Waals surface area contributed by atoms with Crippen molar-refractivity contribution in [3.05, 3.63) is 57.7 Å². The first-order valence-electron chi connectivity index (χ1n) is 8.90. The number of likely N-dealkylation sites (N-methyl/N-ethyl adjacent to an activating group) is 1. The molecule has 0 aliphatic carbocycles. The number of benzene rings is 1. The van der Waals surface area contributed by atoms with E-state index >= 15 is 0 Å². The van der Waals surface area contributed by atoms with Crippen LogP contribution in [0, 0.1) is 6.92 Å². The molecular weight excluding hydrogens is 438 g/mol. The van der Waals surface area contributed by atoms with E-state index in [0.29, 0.717) is 11.5 Å². The zero-order valence-corrected chi connectivity index (χ0v) is 17.9. The number of imidazole rings is 1. The van der Waals surface area contributed by atoms with Gasteiger partial charge in [0.15, 0.2) is 11.5 Å². The molecule has 2 aromatic heterocycles. The Morgan fingerprint density at radius 1 is 1.31 bits per heavy atom. The summed E-state index contributed by atoms with van der Waals surface area (Å²) in [5.41, 5.74) is 8.01. The van der Waals surface area contributed by atoms with Crippen LogP contribution in [0.5, 0.6) is 0 Å². The number of hydrogen-bond donors (Lipinski definition) is 3. The number of rotatable bonds is 7. The van der Waals surface area contributed by atoms with Crippen molar-refractivity contribution in [2.75, 3.05) is 26.0 Å². The fraction of sp³-hybridized carbons (Fsp3) is 0.263. The summed E-state index contributed by atoms with van der Waals surface area (Å²) in [6.45, 7) is 2.74. The lowest BCUT2D eigenvalue weighted by molar-refractivity contribution is 0.0970. The van der Waals surface area contributed by atoms with Crippen LogP contribution in [0.4, 0.5) is 5.82 Å². The molecule has 10 heteroatoms. The monoisotopic (exact) mass is 459 g/mol. The summed E-state index contributed by atoms with van der Waals surface area (Å²) in [6, 6.07) is 7.36. The van der Waals surface area contributed by atoms with Gasteiger partial charge in [0.1, 0.15) is 12.0 Å². The Hall–Kier alpha value is -2.98. The van der Waals surface area contributed by atoms with Crippen molar-refractivity contribution in [1.29, 1.82) is 0 Å². The molecule has 0 fully saturated rings. The molecule has 0 unspecified atom stereocenters. The minimum absolute atomic E-state index is 0.00654. The molecule has 152 valence electrons. The third-order valence-corrected chi connectivity index (χ3v) is 4.84. The quantitative estimate of drug-likeness (QED) is 0.499. The largest absolute Gasteiger partial charge is 0.364 e. The van der Waals surface area contributed by atoms with Crippen LogP contribution in [-0.4, -0.2) is 57.1 Å². The molecule has 29 heavy (non-hydrogen) atoms. The van der Waals surface area contributed by atoms with Crippen LogP contribution >= 0.6 is 15.9 Å². The van der Waals surface area contributed by atoms with Gasteiger partial charge in [-0.1, -0.05) is 22.0 Å². The van der Waals surface area contributed by atoms with Gasteiger partial charge in [0, 0.05) is 29.2 Å². The molecule has 4 N–H and O–H groups in total. The number of nitrogens with two attached hydrogens (primary N) is 1. The van der Waals surface area contributed by atoms with Gasteiger partial charge in [-0.25, -0.2) is 4.98 Å². The predicted molar refractivity (Wildman–Crippen MR) is 113 cm³/mol. The number of nitrogens with zero attached hydrogens (tertiary/aromatic N) is 4. The highest BCUT2D eigenvalue weighted by molar-refractivity contribution is 9.10. The molecule has 0 bridgehead atoms. The van der Waals surface area contributed by atoms with Gasteiger partial charge in [-0.3, -0.25) is 19.3 Å². The fourth-order valence-corrected chi connectivity index (χ4v) is 3.20. The van der Waals surface area contributed by atoms with Gasteiger partial charge in [-0.2, -0.15) is 5.10 Å². The molecule has 2 heterocycles. The van der Waals surface area contributed by atoms with Crippen molar-refractivity contribution in [1.82, 2.24) is 24.6 Å². The third-order valence-electron chi connectivity index (χ3n) is 4.35. The van der Waals surface area contributed by atoms with Gasteiger partial charge < -0.3 is 16.0 Å². The average Bonchev–Trinajstić information content (AvgIpc) is 3.28. The Kier molecular flexibility index (Phi) is 6.14. The molecule has 0 spiro atoms. The molecule has 0 saturated heterocycles. The van der Waals surface area contributed by atoms with E-state index in [1.54, 1.807) is 6.07 Å². The average molecular weight is 460 g/mol. The maximum atomic E-state index is 12.7. The molecule has 0 radical (unpaired) electrons. The van der Waals surface area contributed by atoms with Crippen LogP contribution in [-0.2, 0) is 6.42 Å². The predicted octanol–water partition coefficient (Wildman–Crippen LogP) is 2.12. The number of hydrogen-bond acceptors (Lipinski definition) is 5. The Labute approximate surface area is 176 Å². The van der Waals surface area contributed by atoms with E-state index in [-0.39, 0.29) is 11.4 Å². The number of carbonyl (C=O) groups is 2. The van der Waals surface area contributed by atoms with Crippen LogP contribution in [0.1, 0.15) is 32.2 Å². The van der Waals surface area contributed by atoms with Crippen molar-refractivity contribution in [2.45, 2.75) is 13.3 Å². The number of aromatic amines is 1. The Morgan fingerprint density at radius 2 is 2.07 bits per heavy atom. The number of halogens is 1. The lowest BCUT2D eigenvalue weighted by Crippen LogP contribution is -2.23. The van der Waals surface area contributed by atoms with Crippen LogP contribution in [0.2, 0.25) is 0 Å². The summed E-state index contributed by atoms with van der Waals surface area (Å²) in [5.74, 6) is -0.955. The first kappa shape index (κ1) is 20.7. The third kappa shape index (κ3) is 4.72. The first-order valence-corrected chi connectivity index (χ1v) is 9.69. The molecule has 1 aromatic carbocycles. The summed E-state index contributed by atoms with van der Waals surface area (Å²) in [5, 5.41) is 9.64. The lowest BCUT2D eigenvalue weighted by Gasteiger charge is -2.10. The molecule has 3 aromatic rings. The van der Waals surface area contributed by atoms with Crippen molar-refractivity contribution in [3.63, 3.8) is 0 Å². The smallest absolute Gasteiger partial charge is 0.277 e. The molecule has 3 rings (SSSR count). The highest BCUT2D eigenvalue weighted by atomic mass is 79.9. The number of aryl methyl sites for hydroxylation is 1. The summed E-state index contributed by atoms with van der Waals surface area (Å²) < 4.78 is 2.35. The Morgan fingerprint density at radius 3 is 2.76 bits per heavy atom. The van der Waals surface area contributed by atoms with Crippen molar-refractivity contribution < 1.29 is 9.59 Å². The van der Waals surface area contributed by atoms with E-state index in [9.17, 15) is 9.59 Å². The maximum absolute atomic E-state index is 12.7. The van der Waals surface area contributed by atoms with Crippen LogP contribution in [0.3, 0.4) is 0 Å². The molecule has 0 saturated carbocycles. The van der Waals surface area contributed by atoms with E-state index in [1.165, 1.54) is 10.9 Å². The topological polar surface area (TPSA) is 122 Å². The minimum atomic E-state index is -0.749. The maximum Gasteiger partial charge on any atom is 0.277 e. The summed E-state index contributed by atoms with van der Waals surface area (Å²) >= 11 is 3.42. The zero-order valence-electron chi connectivity index (χ0n) is 16.4. The second-order valence-electron chi connectivity index (χ2n) is 6.89. The summed E-state index contributed by atoms with van der Waals surface area (Å²) in [7, 11) is 3.96. The summed E-state index contributed by atoms with van der Waals surface area (Å²) in [6.07, 6.45) is 2.18. The highest BCUT2D eigenvalue weighted by Gasteiger charge is 2.24. The second-order valence-corrected chi connectivity index (χ2v) is 7.81. The normalized spacial score (nSPS) is 11.1. The Balaban J connectivity index is 1.87. The van der Waals surface area contributed by atoms with Crippen LogP contribution < -0.4 is 11.1 Å². The van der Waals surface area contributed by atoms with E-state index in [0.717, 1.165) is 28.7 Å². The van der Waals surface area contributed by atoms with E-state index in [4.69, 9.17) is 5.73 Å². The van der Waals surface area contributed by atoms with E-state index < -0.39 is 11.8 Å². The van der Waals surface area contributed by atoms with E-state index in [1.807, 2.05) is 39.2 Å². The number of nitrogens with one attached hydrogen (secondary N) is 2. The molecule has 2 amide bonds. The molecule has 0 atom stereocenters. The molecule has 0 aliphatic rings. The number of amides is 2. The lowest BCUT2D eigenvalue weighted by atomic mass is 10.2. The summed E-state index contributed by atoms with van der Waals surface area (Å²) in [4.78, 5) is 31.1. The molecule has 9 nitrogen and oxygen atoms in total.